The summed E-state index contributed by atoms with van der Waals surface area (Å²) in [4.78, 5) is 27.6. The Balaban J connectivity index is 1.08. The smallest absolute Gasteiger partial charge is 0.398 e. The Morgan fingerprint density at radius 2 is 1.69 bits per heavy atom. The first kappa shape index (κ1) is 37.7. The minimum absolute atomic E-state index is 0.0583. The fourth-order valence-corrected chi connectivity index (χ4v) is 8.59. The molecule has 3 fully saturated rings. The van der Waals surface area contributed by atoms with E-state index in [9.17, 15) is 13.6 Å². The number of morpholine rings is 2. The Hall–Kier alpha value is -4.65. The number of aromatic nitrogens is 6. The maximum atomic E-state index is 13.4. The Bertz CT molecular complexity index is 2030. The number of rotatable bonds is 13. The van der Waals surface area contributed by atoms with E-state index in [1.54, 1.807) is 26.2 Å². The molecule has 7 rings (SSSR count). The van der Waals surface area contributed by atoms with Gasteiger partial charge < -0.3 is 29.6 Å². The molecule has 0 aromatic carbocycles. The van der Waals surface area contributed by atoms with Crippen molar-refractivity contribution in [1.29, 1.82) is 0 Å². The highest BCUT2D eigenvalue weighted by Gasteiger charge is 2.32. The molecular weight excluding hydrogens is 715 g/mol. The zero-order valence-electron chi connectivity index (χ0n) is 31.1. The van der Waals surface area contributed by atoms with Crippen molar-refractivity contribution >= 4 is 51.0 Å². The molecule has 1 N–H and O–H groups in total. The van der Waals surface area contributed by atoms with Gasteiger partial charge in [-0.1, -0.05) is 4.98 Å². The van der Waals surface area contributed by atoms with Gasteiger partial charge in [0.2, 0.25) is 21.9 Å². The molecule has 290 valence electrons. The van der Waals surface area contributed by atoms with Crippen LogP contribution in [0, 0.1) is 5.21 Å². The largest absolute Gasteiger partial charge is 0.741 e. The molecule has 4 aromatic heterocycles. The molecule has 2 aliphatic heterocycles. The summed E-state index contributed by atoms with van der Waals surface area (Å²) in [6.07, 6.45) is 12.1. The maximum absolute atomic E-state index is 13.4. The third kappa shape index (κ3) is 8.66. The number of nitrogens with zero attached hydrogens (tertiary/aromatic N) is 10. The molecule has 6 heterocycles. The molecular formula is C36H49N11O6S. The van der Waals surface area contributed by atoms with Gasteiger partial charge in [-0.2, -0.15) is 4.98 Å². The molecule has 0 bridgehead atoms. The number of sulfonamides is 1. The Kier molecular flexibility index (Phi) is 11.4. The SMILES string of the molecule is C=[N+]([O-])c1ncc(C(C)N(c2cnc3cc(N4CCOCC4)nc(OC4CCC(Nc5ncc(CCN6CCOCC6)cn5)CC4)c3c2)S(C)(=O)=O)n1C. The summed E-state index contributed by atoms with van der Waals surface area (Å²) >= 11 is 0. The second-order valence-electron chi connectivity index (χ2n) is 14.2. The zero-order valence-corrected chi connectivity index (χ0v) is 31.9. The molecule has 3 aliphatic rings. The van der Waals surface area contributed by atoms with Crippen LogP contribution in [0.1, 0.15) is 49.9 Å². The van der Waals surface area contributed by atoms with Crippen molar-refractivity contribution in [3.8, 4) is 5.88 Å². The number of pyridine rings is 2. The van der Waals surface area contributed by atoms with E-state index in [4.69, 9.17) is 24.2 Å². The van der Waals surface area contributed by atoms with Gasteiger partial charge in [0.15, 0.2) is 0 Å². The fourth-order valence-electron chi connectivity index (χ4n) is 7.42. The Morgan fingerprint density at radius 3 is 2.33 bits per heavy atom. The zero-order chi connectivity index (χ0) is 37.8. The highest BCUT2D eigenvalue weighted by atomic mass is 32.2. The number of anilines is 3. The second kappa shape index (κ2) is 16.4. The molecule has 17 nitrogen and oxygen atoms in total. The first-order valence-electron chi connectivity index (χ1n) is 18.5. The monoisotopic (exact) mass is 763 g/mol. The van der Waals surface area contributed by atoms with Crippen LogP contribution < -0.4 is 19.3 Å². The average molecular weight is 764 g/mol. The van der Waals surface area contributed by atoms with Gasteiger partial charge in [0.25, 0.3) is 0 Å². The van der Waals surface area contributed by atoms with Gasteiger partial charge in [0, 0.05) is 63.9 Å². The van der Waals surface area contributed by atoms with Gasteiger partial charge in [-0.05, 0) is 50.7 Å². The van der Waals surface area contributed by atoms with Gasteiger partial charge in [-0.25, -0.2) is 23.0 Å². The summed E-state index contributed by atoms with van der Waals surface area (Å²) in [7, 11) is -2.18. The molecule has 18 heteroatoms. The van der Waals surface area contributed by atoms with Crippen LogP contribution in [-0.4, -0.2) is 132 Å². The van der Waals surface area contributed by atoms with Gasteiger partial charge in [-0.15, -0.1) is 0 Å². The molecule has 1 unspecified atom stereocenters. The Labute approximate surface area is 315 Å². The minimum Gasteiger partial charge on any atom is -0.741 e. The van der Waals surface area contributed by atoms with Crippen LogP contribution >= 0.6 is 0 Å². The van der Waals surface area contributed by atoms with Crippen LogP contribution in [-0.2, 0) is 33.0 Å². The number of ether oxygens (including phenoxy) is 3. The number of fused-ring (bicyclic) bond motifs is 1. The van der Waals surface area contributed by atoms with Crippen molar-refractivity contribution in [2.75, 3.05) is 79.9 Å². The van der Waals surface area contributed by atoms with Crippen LogP contribution in [0.5, 0.6) is 5.88 Å². The quantitative estimate of drug-likeness (QED) is 0.0909. The number of hydrogen-bond donors (Lipinski definition) is 1. The minimum atomic E-state index is -3.83. The molecule has 2 saturated heterocycles. The molecule has 4 aromatic rings. The van der Waals surface area contributed by atoms with Gasteiger partial charge >= 0.3 is 5.95 Å². The van der Waals surface area contributed by atoms with Crippen molar-refractivity contribution in [2.45, 2.75) is 57.2 Å². The number of imidazole rings is 1. The van der Waals surface area contributed by atoms with Crippen molar-refractivity contribution in [2.24, 2.45) is 7.05 Å². The lowest BCUT2D eigenvalue weighted by Gasteiger charge is -2.31. The van der Waals surface area contributed by atoms with E-state index in [-0.39, 0.29) is 18.1 Å². The molecule has 1 aliphatic carbocycles. The topological polar surface area (TPSA) is 179 Å². The van der Waals surface area contributed by atoms with Gasteiger partial charge in [0.1, 0.15) is 23.8 Å². The summed E-state index contributed by atoms with van der Waals surface area (Å²) in [5.74, 6) is 1.82. The molecule has 54 heavy (non-hydrogen) atoms. The predicted octanol–water partition coefficient (Wildman–Crippen LogP) is 3.04. The van der Waals surface area contributed by atoms with Gasteiger partial charge in [-0.3, -0.25) is 18.9 Å². The van der Waals surface area contributed by atoms with Crippen LogP contribution in [0.3, 0.4) is 0 Å². The van der Waals surface area contributed by atoms with E-state index in [2.05, 4.69) is 36.8 Å². The van der Waals surface area contributed by atoms with Crippen molar-refractivity contribution < 1.29 is 27.4 Å². The van der Waals surface area contributed by atoms with E-state index in [0.717, 1.165) is 82.6 Å². The summed E-state index contributed by atoms with van der Waals surface area (Å²) in [5.41, 5.74) is 2.59. The Morgan fingerprint density at radius 1 is 1.00 bits per heavy atom. The van der Waals surface area contributed by atoms with Crippen LogP contribution in [0.4, 0.5) is 23.4 Å². The van der Waals surface area contributed by atoms with Crippen molar-refractivity contribution in [3.05, 3.63) is 53.4 Å². The predicted molar refractivity (Wildman–Crippen MR) is 205 cm³/mol. The van der Waals surface area contributed by atoms with Gasteiger partial charge in [0.05, 0.1) is 68.6 Å². The average Bonchev–Trinajstić information content (AvgIpc) is 3.57. The third-order valence-electron chi connectivity index (χ3n) is 10.4. The fraction of sp³-hybridized carbons (Fsp3) is 0.556. The lowest BCUT2D eigenvalue weighted by atomic mass is 9.93. The molecule has 0 spiro atoms. The maximum Gasteiger partial charge on any atom is 0.398 e. The van der Waals surface area contributed by atoms with E-state index in [1.807, 2.05) is 18.5 Å². The first-order chi connectivity index (χ1) is 26.0. The summed E-state index contributed by atoms with van der Waals surface area (Å²) in [5, 5.41) is 16.0. The first-order valence-corrected chi connectivity index (χ1v) is 20.3. The van der Waals surface area contributed by atoms with E-state index >= 15 is 0 Å². The third-order valence-corrected chi connectivity index (χ3v) is 11.6. The van der Waals surface area contributed by atoms with Crippen molar-refractivity contribution in [3.63, 3.8) is 0 Å². The standard InChI is InChI=1S/C36H49N11O6S/c1-25(32-24-40-36(43(32)2)44(3)48)47(54(4,49)50)28-19-30-31(37-23-28)20-33(46-13-17-52-18-14-46)42-34(30)53-29-7-5-27(6-8-29)41-35-38-21-26(22-39-35)9-10-45-11-15-51-16-12-45/h19-25,27,29H,3,5-18H2,1-2,4H3,(H,38,39,41). The highest BCUT2D eigenvalue weighted by Crippen LogP contribution is 2.37. The molecule has 1 atom stereocenters. The van der Waals surface area contributed by atoms with E-state index in [0.29, 0.717) is 65.2 Å². The number of nitrogens with one attached hydrogen (secondary N) is 1. The lowest BCUT2D eigenvalue weighted by molar-refractivity contribution is -0.362. The highest BCUT2D eigenvalue weighted by molar-refractivity contribution is 7.92. The van der Waals surface area contributed by atoms with Crippen molar-refractivity contribution in [1.82, 2.24) is 34.4 Å². The lowest BCUT2D eigenvalue weighted by Crippen LogP contribution is -2.37. The molecule has 0 amide bonds. The molecule has 1 saturated carbocycles. The van der Waals surface area contributed by atoms with Crippen LogP contribution in [0.2, 0.25) is 0 Å². The normalized spacial score (nSPS) is 20.5. The van der Waals surface area contributed by atoms with E-state index in [1.165, 1.54) is 15.1 Å². The number of hydrogen-bond acceptors (Lipinski definition) is 14. The summed E-state index contributed by atoms with van der Waals surface area (Å²) in [6.45, 7) is 12.2. The summed E-state index contributed by atoms with van der Waals surface area (Å²) < 4.78 is 47.6. The second-order valence-corrected chi connectivity index (χ2v) is 16.0. The van der Waals surface area contributed by atoms with Crippen LogP contribution in [0.15, 0.2) is 36.9 Å². The molecule has 0 radical (unpaired) electrons. The van der Waals surface area contributed by atoms with E-state index < -0.39 is 16.1 Å². The summed E-state index contributed by atoms with van der Waals surface area (Å²) in [6, 6.07) is 3.15. The van der Waals surface area contributed by atoms with Crippen LogP contribution in [0.25, 0.3) is 10.9 Å².